The molecule has 0 aliphatic heterocycles. The number of ether oxygens (including phenoxy) is 1. The van der Waals surface area contributed by atoms with E-state index in [1.807, 2.05) is 58.9 Å². The Labute approximate surface area is 248 Å². The maximum Gasteiger partial charge on any atom is 0.264 e. The van der Waals surface area contributed by atoms with Crippen molar-refractivity contribution in [1.29, 1.82) is 0 Å². The lowest BCUT2D eigenvalue weighted by Gasteiger charge is -2.35. The molecule has 0 spiro atoms. The average molecular weight is 600 g/mol. The Hall–Kier alpha value is -3.56. The average Bonchev–Trinajstić information content (AvgIpc) is 2.92. The topological polar surface area (TPSA) is 96.0 Å². The molecule has 0 aromatic heterocycles. The fraction of sp³-hybridized carbons (Fsp3) is 0.355. The van der Waals surface area contributed by atoms with Gasteiger partial charge in [0.25, 0.3) is 10.0 Å². The Kier molecular flexibility index (Phi) is 10.4. The molecule has 0 radical (unpaired) electrons. The lowest BCUT2D eigenvalue weighted by Crippen LogP contribution is -2.55. The first-order chi connectivity index (χ1) is 19.3. The largest absolute Gasteiger partial charge is 0.495 e. The van der Waals surface area contributed by atoms with Crippen LogP contribution in [0.2, 0.25) is 5.02 Å². The van der Waals surface area contributed by atoms with Crippen molar-refractivity contribution in [2.45, 2.75) is 64.1 Å². The van der Waals surface area contributed by atoms with Gasteiger partial charge in [0.15, 0.2) is 0 Å². The molecular formula is C31H38ClN3O5S. The summed E-state index contributed by atoms with van der Waals surface area (Å²) in [4.78, 5) is 29.1. The van der Waals surface area contributed by atoms with E-state index in [2.05, 4.69) is 5.32 Å². The smallest absolute Gasteiger partial charge is 0.264 e. The van der Waals surface area contributed by atoms with Gasteiger partial charge in [-0.3, -0.25) is 13.9 Å². The molecule has 3 aromatic rings. The summed E-state index contributed by atoms with van der Waals surface area (Å²) in [5, 5.41) is 3.24. The van der Waals surface area contributed by atoms with E-state index in [-0.39, 0.29) is 33.8 Å². The van der Waals surface area contributed by atoms with Crippen molar-refractivity contribution in [3.63, 3.8) is 0 Å². The highest BCUT2D eigenvalue weighted by molar-refractivity contribution is 7.92. The van der Waals surface area contributed by atoms with Crippen LogP contribution in [-0.4, -0.2) is 50.4 Å². The number of halogens is 1. The predicted molar refractivity (Wildman–Crippen MR) is 163 cm³/mol. The SMILES string of the molecule is CC[C@@H](C(=O)NC(C)(C)C)N(Cc1ccc(C)cc1)C(=O)CN(c1cc(Cl)ccc1OC)S(=O)(=O)c1ccccc1. The van der Waals surface area contributed by atoms with Crippen LogP contribution in [0.25, 0.3) is 0 Å². The normalized spacial score (nSPS) is 12.4. The zero-order valence-electron chi connectivity index (χ0n) is 24.3. The predicted octanol–water partition coefficient (Wildman–Crippen LogP) is 5.57. The fourth-order valence-corrected chi connectivity index (χ4v) is 5.96. The summed E-state index contributed by atoms with van der Waals surface area (Å²) in [5.74, 6) is -0.648. The Bertz CT molecular complexity index is 1460. The minimum Gasteiger partial charge on any atom is -0.495 e. The molecule has 0 unspecified atom stereocenters. The van der Waals surface area contributed by atoms with E-state index in [1.54, 1.807) is 30.3 Å². The third kappa shape index (κ3) is 8.24. The number of carbonyl (C=O) groups excluding carboxylic acids is 2. The second-order valence-electron chi connectivity index (χ2n) is 10.8. The van der Waals surface area contributed by atoms with Crippen molar-refractivity contribution in [3.05, 3.63) is 88.9 Å². The van der Waals surface area contributed by atoms with Crippen LogP contribution < -0.4 is 14.4 Å². The standard InChI is InChI=1S/C31H38ClN3O5S/c1-7-26(30(37)33-31(3,4)5)34(20-23-15-13-22(2)14-16-23)29(36)21-35(27-19-24(32)17-18-28(27)40-6)41(38,39)25-11-9-8-10-12-25/h8-19,26H,7,20-21H2,1-6H3,(H,33,37)/t26-/m0/s1. The fourth-order valence-electron chi connectivity index (χ4n) is 4.35. The van der Waals surface area contributed by atoms with Crippen molar-refractivity contribution in [2.24, 2.45) is 0 Å². The van der Waals surface area contributed by atoms with E-state index in [1.165, 1.54) is 30.2 Å². The molecule has 220 valence electrons. The van der Waals surface area contributed by atoms with E-state index in [0.29, 0.717) is 6.42 Å². The molecule has 3 aromatic carbocycles. The Morgan fingerprint density at radius 2 is 1.63 bits per heavy atom. The zero-order chi connectivity index (χ0) is 30.4. The van der Waals surface area contributed by atoms with Gasteiger partial charge in [-0.25, -0.2) is 8.42 Å². The van der Waals surface area contributed by atoms with E-state index in [9.17, 15) is 18.0 Å². The van der Waals surface area contributed by atoms with Gasteiger partial charge in [-0.1, -0.05) is 66.6 Å². The number of carbonyl (C=O) groups is 2. The number of hydrogen-bond donors (Lipinski definition) is 1. The second-order valence-corrected chi connectivity index (χ2v) is 13.1. The molecule has 0 aliphatic carbocycles. The summed E-state index contributed by atoms with van der Waals surface area (Å²) in [5.41, 5.74) is 1.45. The minimum atomic E-state index is -4.25. The molecule has 0 aliphatic rings. The molecule has 1 N–H and O–H groups in total. The van der Waals surface area contributed by atoms with Crippen molar-refractivity contribution in [2.75, 3.05) is 18.0 Å². The van der Waals surface area contributed by atoms with Gasteiger partial charge in [-0.15, -0.1) is 0 Å². The van der Waals surface area contributed by atoms with Crippen LogP contribution in [0.15, 0.2) is 77.7 Å². The molecule has 1 atom stereocenters. The summed E-state index contributed by atoms with van der Waals surface area (Å²) >= 11 is 6.28. The summed E-state index contributed by atoms with van der Waals surface area (Å²) in [6, 6.07) is 19.2. The van der Waals surface area contributed by atoms with E-state index in [4.69, 9.17) is 16.3 Å². The Balaban J connectivity index is 2.12. The Morgan fingerprint density at radius 1 is 1.00 bits per heavy atom. The first kappa shape index (κ1) is 32.0. The molecule has 8 nitrogen and oxygen atoms in total. The third-order valence-corrected chi connectivity index (χ3v) is 8.39. The zero-order valence-corrected chi connectivity index (χ0v) is 25.9. The third-order valence-electron chi connectivity index (χ3n) is 6.38. The highest BCUT2D eigenvalue weighted by Crippen LogP contribution is 2.35. The molecule has 0 saturated carbocycles. The molecule has 41 heavy (non-hydrogen) atoms. The molecule has 3 rings (SSSR count). The van der Waals surface area contributed by atoms with Crippen LogP contribution in [0.1, 0.15) is 45.2 Å². The van der Waals surface area contributed by atoms with Crippen LogP contribution in [-0.2, 0) is 26.2 Å². The molecule has 0 heterocycles. The molecule has 2 amide bonds. The minimum absolute atomic E-state index is 0.00238. The lowest BCUT2D eigenvalue weighted by molar-refractivity contribution is -0.141. The first-order valence-corrected chi connectivity index (χ1v) is 15.2. The lowest BCUT2D eigenvalue weighted by atomic mass is 10.1. The summed E-state index contributed by atoms with van der Waals surface area (Å²) in [6.07, 6.45) is 0.325. The number of anilines is 1. The van der Waals surface area contributed by atoms with E-state index < -0.39 is 34.1 Å². The number of amides is 2. The van der Waals surface area contributed by atoms with Crippen molar-refractivity contribution in [1.82, 2.24) is 10.2 Å². The number of methoxy groups -OCH3 is 1. The van der Waals surface area contributed by atoms with Gasteiger partial charge in [0.2, 0.25) is 11.8 Å². The maximum atomic E-state index is 14.2. The monoisotopic (exact) mass is 599 g/mol. The van der Waals surface area contributed by atoms with Gasteiger partial charge >= 0.3 is 0 Å². The van der Waals surface area contributed by atoms with Crippen LogP contribution in [0.5, 0.6) is 5.75 Å². The van der Waals surface area contributed by atoms with Gasteiger partial charge in [0, 0.05) is 17.1 Å². The Morgan fingerprint density at radius 3 is 2.20 bits per heavy atom. The van der Waals surface area contributed by atoms with E-state index >= 15 is 0 Å². The van der Waals surface area contributed by atoms with Gasteiger partial charge in [-0.2, -0.15) is 0 Å². The van der Waals surface area contributed by atoms with Crippen LogP contribution in [0, 0.1) is 6.92 Å². The summed E-state index contributed by atoms with van der Waals surface area (Å²) in [6.45, 7) is 8.90. The van der Waals surface area contributed by atoms with Gasteiger partial charge in [-0.05, 0) is 70.0 Å². The molecule has 10 heteroatoms. The number of sulfonamides is 1. The number of aryl methyl sites for hydroxylation is 1. The van der Waals surface area contributed by atoms with Crippen molar-refractivity contribution < 1.29 is 22.7 Å². The summed E-state index contributed by atoms with van der Waals surface area (Å²) in [7, 11) is -2.83. The molecule has 0 fully saturated rings. The van der Waals surface area contributed by atoms with Crippen LogP contribution in [0.3, 0.4) is 0 Å². The van der Waals surface area contributed by atoms with Crippen molar-refractivity contribution in [3.8, 4) is 5.75 Å². The van der Waals surface area contributed by atoms with Gasteiger partial charge < -0.3 is 15.0 Å². The number of benzene rings is 3. The maximum absolute atomic E-state index is 14.2. The quantitative estimate of drug-likeness (QED) is 0.311. The molecular weight excluding hydrogens is 562 g/mol. The van der Waals surface area contributed by atoms with Crippen LogP contribution in [0.4, 0.5) is 5.69 Å². The van der Waals surface area contributed by atoms with Crippen molar-refractivity contribution >= 4 is 39.1 Å². The molecule has 0 saturated heterocycles. The first-order valence-electron chi connectivity index (χ1n) is 13.3. The summed E-state index contributed by atoms with van der Waals surface area (Å²) < 4.78 is 34.5. The number of nitrogens with one attached hydrogen (secondary N) is 1. The van der Waals surface area contributed by atoms with Gasteiger partial charge in [0.1, 0.15) is 18.3 Å². The van der Waals surface area contributed by atoms with Crippen LogP contribution >= 0.6 is 11.6 Å². The highest BCUT2D eigenvalue weighted by Gasteiger charge is 2.35. The number of hydrogen-bond acceptors (Lipinski definition) is 5. The number of nitrogens with zero attached hydrogens (tertiary/aromatic N) is 2. The van der Waals surface area contributed by atoms with Gasteiger partial charge in [0.05, 0.1) is 17.7 Å². The molecule has 0 bridgehead atoms. The second kappa shape index (κ2) is 13.4. The number of rotatable bonds is 11. The van der Waals surface area contributed by atoms with E-state index in [0.717, 1.165) is 15.4 Å². The highest BCUT2D eigenvalue weighted by atomic mass is 35.5.